The molecule has 0 aliphatic carbocycles. The van der Waals surface area contributed by atoms with Gasteiger partial charge in [-0.1, -0.05) is 0 Å². The van der Waals surface area contributed by atoms with Crippen LogP contribution in [-0.4, -0.2) is 32.0 Å². The van der Waals surface area contributed by atoms with Crippen molar-refractivity contribution in [3.05, 3.63) is 0 Å². The van der Waals surface area contributed by atoms with Crippen LogP contribution in [0.5, 0.6) is 0 Å². The Labute approximate surface area is 70.1 Å². The lowest BCUT2D eigenvalue weighted by atomic mass is 10.3. The quantitative estimate of drug-likeness (QED) is 0.701. The van der Waals surface area contributed by atoms with Crippen molar-refractivity contribution in [3.63, 3.8) is 0 Å². The largest absolute Gasteiger partial charge is 0.401 e. The molecular weight excluding hydrogens is 171 g/mol. The third-order valence-electron chi connectivity index (χ3n) is 1.22. The van der Waals surface area contributed by atoms with E-state index in [0.29, 0.717) is 13.2 Å². The van der Waals surface area contributed by atoms with Crippen molar-refractivity contribution in [3.8, 4) is 0 Å². The minimum Gasteiger partial charge on any atom is -0.380 e. The number of hydrogen-bond acceptors (Lipinski definition) is 2. The number of ether oxygens (including phenoxy) is 1. The molecule has 5 heteroatoms. The van der Waals surface area contributed by atoms with E-state index in [1.165, 1.54) is 0 Å². The molecule has 0 aliphatic heterocycles. The molecule has 0 spiro atoms. The van der Waals surface area contributed by atoms with E-state index < -0.39 is 12.7 Å². The smallest absolute Gasteiger partial charge is 0.380 e. The lowest BCUT2D eigenvalue weighted by Crippen LogP contribution is -2.37. The standard InChI is InChI=1S/C7H14F3NO/c1-3-12-4-6(2)11-5-7(8,9)10/h6,11H,3-5H2,1-2H3. The Hall–Kier alpha value is -0.290. The third-order valence-corrected chi connectivity index (χ3v) is 1.22. The first-order valence-electron chi connectivity index (χ1n) is 3.83. The summed E-state index contributed by atoms with van der Waals surface area (Å²) in [6, 6.07) is -0.258. The maximum absolute atomic E-state index is 11.6. The highest BCUT2D eigenvalue weighted by atomic mass is 19.4. The summed E-state index contributed by atoms with van der Waals surface area (Å²) in [7, 11) is 0. The van der Waals surface area contributed by atoms with Crippen molar-refractivity contribution in [2.45, 2.75) is 26.1 Å². The fourth-order valence-corrected chi connectivity index (χ4v) is 0.644. The summed E-state index contributed by atoms with van der Waals surface area (Å²) < 4.78 is 39.8. The van der Waals surface area contributed by atoms with Crippen LogP contribution in [0.1, 0.15) is 13.8 Å². The summed E-state index contributed by atoms with van der Waals surface area (Å²) in [5.41, 5.74) is 0. The molecule has 0 rings (SSSR count). The van der Waals surface area contributed by atoms with Crippen LogP contribution in [0.15, 0.2) is 0 Å². The predicted molar refractivity (Wildman–Crippen MR) is 40.0 cm³/mol. The Kier molecular flexibility index (Phi) is 5.24. The van der Waals surface area contributed by atoms with Crippen LogP contribution >= 0.6 is 0 Å². The minimum atomic E-state index is -4.14. The van der Waals surface area contributed by atoms with Gasteiger partial charge in [-0.25, -0.2) is 0 Å². The van der Waals surface area contributed by atoms with Crippen LogP contribution in [0.4, 0.5) is 13.2 Å². The Morgan fingerprint density at radius 1 is 1.42 bits per heavy atom. The van der Waals surface area contributed by atoms with Gasteiger partial charge >= 0.3 is 6.18 Å². The Morgan fingerprint density at radius 3 is 2.42 bits per heavy atom. The number of alkyl halides is 3. The first-order chi connectivity index (χ1) is 5.45. The fourth-order valence-electron chi connectivity index (χ4n) is 0.644. The van der Waals surface area contributed by atoms with Crippen molar-refractivity contribution in [1.82, 2.24) is 5.32 Å². The molecule has 0 saturated carbocycles. The highest BCUT2D eigenvalue weighted by molar-refractivity contribution is 4.62. The second-order valence-corrected chi connectivity index (χ2v) is 2.56. The second-order valence-electron chi connectivity index (χ2n) is 2.56. The summed E-state index contributed by atoms with van der Waals surface area (Å²) in [6.45, 7) is 3.34. The highest BCUT2D eigenvalue weighted by Crippen LogP contribution is 2.12. The van der Waals surface area contributed by atoms with Gasteiger partial charge in [-0.2, -0.15) is 13.2 Å². The van der Waals surface area contributed by atoms with Gasteiger partial charge in [0.1, 0.15) is 0 Å². The van der Waals surface area contributed by atoms with Crippen molar-refractivity contribution >= 4 is 0 Å². The van der Waals surface area contributed by atoms with Crippen LogP contribution in [0.2, 0.25) is 0 Å². The summed E-state index contributed by atoms with van der Waals surface area (Å²) in [4.78, 5) is 0. The highest BCUT2D eigenvalue weighted by Gasteiger charge is 2.27. The van der Waals surface area contributed by atoms with Gasteiger partial charge in [-0.05, 0) is 13.8 Å². The molecule has 0 aromatic rings. The zero-order valence-electron chi connectivity index (χ0n) is 7.24. The number of rotatable bonds is 5. The molecule has 1 atom stereocenters. The van der Waals surface area contributed by atoms with Gasteiger partial charge in [0.25, 0.3) is 0 Å². The monoisotopic (exact) mass is 185 g/mol. The lowest BCUT2D eigenvalue weighted by molar-refractivity contribution is -0.126. The molecular formula is C7H14F3NO. The molecule has 0 heterocycles. The normalized spacial score (nSPS) is 14.8. The molecule has 0 bridgehead atoms. The van der Waals surface area contributed by atoms with Crippen molar-refractivity contribution in [2.24, 2.45) is 0 Å². The molecule has 12 heavy (non-hydrogen) atoms. The zero-order chi connectivity index (χ0) is 9.61. The van der Waals surface area contributed by atoms with Crippen LogP contribution in [-0.2, 0) is 4.74 Å². The van der Waals surface area contributed by atoms with Gasteiger partial charge < -0.3 is 10.1 Å². The average Bonchev–Trinajstić information content (AvgIpc) is 1.95. The molecule has 0 aromatic carbocycles. The predicted octanol–water partition coefficient (Wildman–Crippen LogP) is 1.56. The van der Waals surface area contributed by atoms with E-state index in [9.17, 15) is 13.2 Å². The van der Waals surface area contributed by atoms with E-state index in [1.54, 1.807) is 13.8 Å². The Bertz CT molecular complexity index is 116. The Balaban J connectivity index is 3.37. The maximum atomic E-state index is 11.6. The van der Waals surface area contributed by atoms with E-state index in [1.807, 2.05) is 0 Å². The van der Waals surface area contributed by atoms with Gasteiger partial charge in [0.05, 0.1) is 13.2 Å². The first-order valence-corrected chi connectivity index (χ1v) is 3.83. The molecule has 1 unspecified atom stereocenters. The molecule has 0 aliphatic rings. The van der Waals surface area contributed by atoms with Crippen molar-refractivity contribution in [2.75, 3.05) is 19.8 Å². The molecule has 74 valence electrons. The first kappa shape index (κ1) is 11.7. The topological polar surface area (TPSA) is 21.3 Å². The van der Waals surface area contributed by atoms with Crippen molar-refractivity contribution in [1.29, 1.82) is 0 Å². The maximum Gasteiger partial charge on any atom is 0.401 e. The molecule has 0 amide bonds. The number of halogens is 3. The van der Waals surface area contributed by atoms with E-state index in [2.05, 4.69) is 5.32 Å². The summed E-state index contributed by atoms with van der Waals surface area (Å²) in [5, 5.41) is 2.31. The average molecular weight is 185 g/mol. The lowest BCUT2D eigenvalue weighted by Gasteiger charge is -2.14. The molecule has 2 nitrogen and oxygen atoms in total. The van der Waals surface area contributed by atoms with Gasteiger partial charge in [0, 0.05) is 12.6 Å². The summed E-state index contributed by atoms with van der Waals surface area (Å²) >= 11 is 0. The third kappa shape index (κ3) is 7.81. The number of hydrogen-bond donors (Lipinski definition) is 1. The van der Waals surface area contributed by atoms with E-state index in [4.69, 9.17) is 4.74 Å². The van der Waals surface area contributed by atoms with Crippen LogP contribution < -0.4 is 5.32 Å². The van der Waals surface area contributed by atoms with Gasteiger partial charge in [-0.3, -0.25) is 0 Å². The molecule has 0 fully saturated rings. The molecule has 0 saturated heterocycles. The van der Waals surface area contributed by atoms with Crippen LogP contribution in [0.25, 0.3) is 0 Å². The van der Waals surface area contributed by atoms with Crippen LogP contribution in [0, 0.1) is 0 Å². The van der Waals surface area contributed by atoms with Gasteiger partial charge in [0.15, 0.2) is 0 Å². The Morgan fingerprint density at radius 2 is 2.00 bits per heavy atom. The van der Waals surface area contributed by atoms with Gasteiger partial charge in [-0.15, -0.1) is 0 Å². The van der Waals surface area contributed by atoms with Gasteiger partial charge in [0.2, 0.25) is 0 Å². The minimum absolute atomic E-state index is 0.258. The van der Waals surface area contributed by atoms with E-state index >= 15 is 0 Å². The molecule has 1 N–H and O–H groups in total. The summed E-state index contributed by atoms with van der Waals surface area (Å²) in [6.07, 6.45) is -4.14. The van der Waals surface area contributed by atoms with E-state index in [0.717, 1.165) is 0 Å². The molecule has 0 radical (unpaired) electrons. The SMILES string of the molecule is CCOCC(C)NCC(F)(F)F. The summed E-state index contributed by atoms with van der Waals surface area (Å²) in [5.74, 6) is 0. The van der Waals surface area contributed by atoms with Crippen LogP contribution in [0.3, 0.4) is 0 Å². The fraction of sp³-hybridized carbons (Fsp3) is 1.00. The number of nitrogens with one attached hydrogen (secondary N) is 1. The van der Waals surface area contributed by atoms with Crippen molar-refractivity contribution < 1.29 is 17.9 Å². The zero-order valence-corrected chi connectivity index (χ0v) is 7.24. The molecule has 0 aromatic heterocycles. The van der Waals surface area contributed by atoms with E-state index in [-0.39, 0.29) is 6.04 Å². The second kappa shape index (κ2) is 5.37.